The summed E-state index contributed by atoms with van der Waals surface area (Å²) in [6.07, 6.45) is 0. The highest BCUT2D eigenvalue weighted by Gasteiger charge is 2.14. The van der Waals surface area contributed by atoms with Crippen LogP contribution in [0.5, 0.6) is 0 Å². The fourth-order valence-electron chi connectivity index (χ4n) is 0.884. The van der Waals surface area contributed by atoms with Gasteiger partial charge < -0.3 is 5.32 Å². The molecular weight excluding hydrogens is 263 g/mol. The molecular formula is C9H7Cl3FNO. The minimum atomic E-state index is -0.720. The van der Waals surface area contributed by atoms with E-state index in [1.165, 1.54) is 6.92 Å². The third-order valence-electron chi connectivity index (χ3n) is 1.62. The Labute approximate surface area is 101 Å². The molecule has 1 aromatic rings. The fourth-order valence-corrected chi connectivity index (χ4v) is 1.49. The zero-order chi connectivity index (χ0) is 11.6. The van der Waals surface area contributed by atoms with Crippen molar-refractivity contribution in [2.45, 2.75) is 12.3 Å². The summed E-state index contributed by atoms with van der Waals surface area (Å²) in [6, 6.07) is 2.11. The maximum absolute atomic E-state index is 12.8. The van der Waals surface area contributed by atoms with Crippen LogP contribution in [0.15, 0.2) is 12.1 Å². The highest BCUT2D eigenvalue weighted by Crippen LogP contribution is 2.31. The van der Waals surface area contributed by atoms with Gasteiger partial charge in [-0.05, 0) is 19.1 Å². The van der Waals surface area contributed by atoms with Crippen molar-refractivity contribution in [2.75, 3.05) is 5.32 Å². The topological polar surface area (TPSA) is 29.1 Å². The molecule has 0 heterocycles. The Bertz CT molecular complexity index is 372. The second-order valence-electron chi connectivity index (χ2n) is 2.85. The molecule has 0 aliphatic rings. The van der Waals surface area contributed by atoms with E-state index in [9.17, 15) is 9.18 Å². The molecule has 2 nitrogen and oxygen atoms in total. The van der Waals surface area contributed by atoms with E-state index < -0.39 is 17.1 Å². The van der Waals surface area contributed by atoms with E-state index in [1.807, 2.05) is 0 Å². The van der Waals surface area contributed by atoms with Crippen molar-refractivity contribution < 1.29 is 9.18 Å². The molecule has 1 rings (SSSR count). The van der Waals surface area contributed by atoms with Crippen LogP contribution in [0.25, 0.3) is 0 Å². The van der Waals surface area contributed by atoms with Gasteiger partial charge in [0.15, 0.2) is 0 Å². The molecule has 1 aromatic carbocycles. The van der Waals surface area contributed by atoms with Crippen molar-refractivity contribution in [3.05, 3.63) is 28.0 Å². The minimum Gasteiger partial charge on any atom is -0.322 e. The molecule has 15 heavy (non-hydrogen) atoms. The summed E-state index contributed by atoms with van der Waals surface area (Å²) in [6.45, 7) is 1.50. The van der Waals surface area contributed by atoms with E-state index in [-0.39, 0.29) is 15.7 Å². The van der Waals surface area contributed by atoms with Crippen LogP contribution >= 0.6 is 34.8 Å². The second-order valence-corrected chi connectivity index (χ2v) is 4.32. The highest BCUT2D eigenvalue weighted by atomic mass is 35.5. The molecule has 0 spiro atoms. The maximum atomic E-state index is 12.8. The average molecular weight is 271 g/mol. The number of carbonyl (C=O) groups excluding carboxylic acids is 1. The average Bonchev–Trinajstić information content (AvgIpc) is 2.10. The van der Waals surface area contributed by atoms with Gasteiger partial charge in [-0.2, -0.15) is 0 Å². The Hall–Kier alpha value is -0.510. The molecule has 0 aliphatic heterocycles. The quantitative estimate of drug-likeness (QED) is 0.816. The normalized spacial score (nSPS) is 12.3. The van der Waals surface area contributed by atoms with Gasteiger partial charge >= 0.3 is 0 Å². The lowest BCUT2D eigenvalue weighted by atomic mass is 10.3. The first kappa shape index (κ1) is 12.6. The first-order valence-corrected chi connectivity index (χ1v) is 5.20. The summed E-state index contributed by atoms with van der Waals surface area (Å²) >= 11 is 16.9. The van der Waals surface area contributed by atoms with E-state index in [2.05, 4.69) is 5.32 Å². The summed E-state index contributed by atoms with van der Waals surface area (Å²) < 4.78 is 12.8. The molecule has 1 atom stereocenters. The molecule has 0 radical (unpaired) electrons. The Morgan fingerprint density at radius 3 is 2.27 bits per heavy atom. The monoisotopic (exact) mass is 269 g/mol. The van der Waals surface area contributed by atoms with Gasteiger partial charge in [0.05, 0.1) is 15.7 Å². The van der Waals surface area contributed by atoms with Gasteiger partial charge in [-0.3, -0.25) is 4.79 Å². The van der Waals surface area contributed by atoms with Gasteiger partial charge in [-0.15, -0.1) is 11.6 Å². The Morgan fingerprint density at radius 1 is 1.40 bits per heavy atom. The van der Waals surface area contributed by atoms with Gasteiger partial charge in [0, 0.05) is 0 Å². The van der Waals surface area contributed by atoms with E-state index >= 15 is 0 Å². The summed E-state index contributed by atoms with van der Waals surface area (Å²) in [5, 5.41) is 1.75. The fraction of sp³-hybridized carbons (Fsp3) is 0.222. The second kappa shape index (κ2) is 5.01. The van der Waals surface area contributed by atoms with Crippen molar-refractivity contribution >= 4 is 46.4 Å². The largest absolute Gasteiger partial charge is 0.322 e. The van der Waals surface area contributed by atoms with Crippen LogP contribution < -0.4 is 5.32 Å². The van der Waals surface area contributed by atoms with Gasteiger partial charge in [0.25, 0.3) is 0 Å². The first-order chi connectivity index (χ1) is 6.91. The van der Waals surface area contributed by atoms with E-state index in [4.69, 9.17) is 34.8 Å². The molecule has 0 fully saturated rings. The van der Waals surface area contributed by atoms with Gasteiger partial charge in [-0.1, -0.05) is 23.2 Å². The zero-order valence-electron chi connectivity index (χ0n) is 7.65. The lowest BCUT2D eigenvalue weighted by molar-refractivity contribution is -0.115. The number of hydrogen-bond acceptors (Lipinski definition) is 1. The summed E-state index contributed by atoms with van der Waals surface area (Å²) in [5.74, 6) is -1.02. The molecule has 6 heteroatoms. The summed E-state index contributed by atoms with van der Waals surface area (Å²) in [4.78, 5) is 11.2. The number of halogens is 4. The predicted molar refractivity (Wildman–Crippen MR) is 60.4 cm³/mol. The molecule has 1 unspecified atom stereocenters. The highest BCUT2D eigenvalue weighted by molar-refractivity contribution is 6.40. The molecule has 0 saturated heterocycles. The van der Waals surface area contributed by atoms with Crippen LogP contribution in [-0.2, 0) is 4.79 Å². The van der Waals surface area contributed by atoms with Crippen molar-refractivity contribution in [2.24, 2.45) is 0 Å². The van der Waals surface area contributed by atoms with E-state index in [0.29, 0.717) is 0 Å². The Balaban J connectivity index is 3.00. The Morgan fingerprint density at radius 2 is 1.87 bits per heavy atom. The SMILES string of the molecule is CC(Cl)C(=O)Nc1c(Cl)cc(F)cc1Cl. The molecule has 0 saturated carbocycles. The molecule has 1 amide bonds. The smallest absolute Gasteiger partial charge is 0.242 e. The van der Waals surface area contributed by atoms with E-state index in [0.717, 1.165) is 12.1 Å². The molecule has 0 aliphatic carbocycles. The molecule has 1 N–H and O–H groups in total. The number of anilines is 1. The van der Waals surface area contributed by atoms with Crippen molar-refractivity contribution in [1.29, 1.82) is 0 Å². The van der Waals surface area contributed by atoms with Crippen LogP contribution in [-0.4, -0.2) is 11.3 Å². The van der Waals surface area contributed by atoms with Crippen molar-refractivity contribution in [3.63, 3.8) is 0 Å². The zero-order valence-corrected chi connectivity index (χ0v) is 9.92. The number of benzene rings is 1. The number of hydrogen-bond donors (Lipinski definition) is 1. The van der Waals surface area contributed by atoms with Crippen LogP contribution in [0, 0.1) is 5.82 Å². The molecule has 0 aromatic heterocycles. The van der Waals surface area contributed by atoms with Crippen LogP contribution in [0.2, 0.25) is 10.0 Å². The number of amides is 1. The van der Waals surface area contributed by atoms with Crippen molar-refractivity contribution in [1.82, 2.24) is 0 Å². The van der Waals surface area contributed by atoms with Crippen LogP contribution in [0.3, 0.4) is 0 Å². The number of nitrogens with one attached hydrogen (secondary N) is 1. The third kappa shape index (κ3) is 3.23. The summed E-state index contributed by atoms with van der Waals surface area (Å²) in [5.41, 5.74) is 0.164. The summed E-state index contributed by atoms with van der Waals surface area (Å²) in [7, 11) is 0. The lowest BCUT2D eigenvalue weighted by Crippen LogP contribution is -2.20. The third-order valence-corrected chi connectivity index (χ3v) is 2.41. The standard InChI is InChI=1S/C9H7Cl3FNO/c1-4(10)9(15)14-8-6(11)2-5(13)3-7(8)12/h2-4H,1H3,(H,14,15). The maximum Gasteiger partial charge on any atom is 0.242 e. The lowest BCUT2D eigenvalue weighted by Gasteiger charge is -2.10. The predicted octanol–water partition coefficient (Wildman–Crippen LogP) is 3.70. The van der Waals surface area contributed by atoms with Gasteiger partial charge in [-0.25, -0.2) is 4.39 Å². The minimum absolute atomic E-state index is 0.0330. The Kier molecular flexibility index (Phi) is 4.20. The van der Waals surface area contributed by atoms with E-state index in [1.54, 1.807) is 0 Å². The van der Waals surface area contributed by atoms with Gasteiger partial charge in [0.1, 0.15) is 11.2 Å². The molecule has 0 bridgehead atoms. The van der Waals surface area contributed by atoms with Crippen LogP contribution in [0.1, 0.15) is 6.92 Å². The number of carbonyl (C=O) groups is 1. The number of alkyl halides is 1. The molecule has 82 valence electrons. The van der Waals surface area contributed by atoms with Crippen molar-refractivity contribution in [3.8, 4) is 0 Å². The van der Waals surface area contributed by atoms with Gasteiger partial charge in [0.2, 0.25) is 5.91 Å². The number of rotatable bonds is 2. The van der Waals surface area contributed by atoms with Crippen LogP contribution in [0.4, 0.5) is 10.1 Å². The first-order valence-electron chi connectivity index (χ1n) is 4.01.